The van der Waals surface area contributed by atoms with Gasteiger partial charge in [0.25, 0.3) is 0 Å². The predicted octanol–water partition coefficient (Wildman–Crippen LogP) is 5.24. The van der Waals surface area contributed by atoms with Crippen LogP contribution in [0.4, 0.5) is 22.0 Å². The zero-order valence-electron chi connectivity index (χ0n) is 13.6. The molecule has 2 N–H and O–H groups in total. The SMILES string of the molecule is Cc1cc(Nc2ccc(NC(=O)OC(C)(C)C)cn2)ccc1Br. The summed E-state index contributed by atoms with van der Waals surface area (Å²) in [7, 11) is 0. The van der Waals surface area contributed by atoms with E-state index in [1.807, 2.05) is 45.9 Å². The van der Waals surface area contributed by atoms with E-state index in [-0.39, 0.29) is 0 Å². The van der Waals surface area contributed by atoms with E-state index in [0.29, 0.717) is 11.5 Å². The number of ether oxygens (including phenoxy) is 1. The number of pyridine rings is 1. The van der Waals surface area contributed by atoms with Gasteiger partial charge in [-0.3, -0.25) is 5.32 Å². The summed E-state index contributed by atoms with van der Waals surface area (Å²) in [6.45, 7) is 7.48. The van der Waals surface area contributed by atoms with Crippen molar-refractivity contribution in [3.63, 3.8) is 0 Å². The van der Waals surface area contributed by atoms with Crippen molar-refractivity contribution in [2.75, 3.05) is 10.6 Å². The monoisotopic (exact) mass is 377 g/mol. The van der Waals surface area contributed by atoms with Crippen LogP contribution in [-0.4, -0.2) is 16.7 Å². The van der Waals surface area contributed by atoms with Crippen LogP contribution in [0.5, 0.6) is 0 Å². The number of carbonyl (C=O) groups excluding carboxylic acids is 1. The van der Waals surface area contributed by atoms with Gasteiger partial charge in [-0.05, 0) is 63.6 Å². The highest BCUT2D eigenvalue weighted by Gasteiger charge is 2.16. The number of rotatable bonds is 3. The summed E-state index contributed by atoms with van der Waals surface area (Å²) in [5.74, 6) is 0.696. The summed E-state index contributed by atoms with van der Waals surface area (Å²) in [5.41, 5.74) is 2.14. The molecule has 0 spiro atoms. The first-order chi connectivity index (χ1) is 10.7. The van der Waals surface area contributed by atoms with E-state index in [0.717, 1.165) is 15.7 Å². The molecule has 1 aromatic heterocycles. The predicted molar refractivity (Wildman–Crippen MR) is 96.3 cm³/mol. The van der Waals surface area contributed by atoms with Gasteiger partial charge < -0.3 is 10.1 Å². The molecule has 0 unspecified atom stereocenters. The van der Waals surface area contributed by atoms with E-state index in [4.69, 9.17) is 4.74 Å². The van der Waals surface area contributed by atoms with Crippen LogP contribution in [-0.2, 0) is 4.74 Å². The third-order valence-electron chi connectivity index (χ3n) is 2.84. The Labute approximate surface area is 144 Å². The molecule has 0 aliphatic carbocycles. The molecule has 1 heterocycles. The number of aryl methyl sites for hydroxylation is 1. The standard InChI is InChI=1S/C17H20BrN3O2/c1-11-9-12(5-7-14(11)18)20-15-8-6-13(10-19-15)21-16(22)23-17(2,3)4/h5-10H,1-4H3,(H,19,20)(H,21,22). The van der Waals surface area contributed by atoms with E-state index in [9.17, 15) is 4.79 Å². The van der Waals surface area contributed by atoms with Crippen LogP contribution in [0.1, 0.15) is 26.3 Å². The zero-order valence-corrected chi connectivity index (χ0v) is 15.2. The van der Waals surface area contributed by atoms with Crippen molar-refractivity contribution in [2.24, 2.45) is 0 Å². The minimum absolute atomic E-state index is 0.497. The van der Waals surface area contributed by atoms with E-state index in [1.54, 1.807) is 18.3 Å². The van der Waals surface area contributed by atoms with Crippen molar-refractivity contribution < 1.29 is 9.53 Å². The molecule has 1 aromatic carbocycles. The fourth-order valence-corrected chi connectivity index (χ4v) is 2.08. The molecule has 0 aliphatic rings. The number of nitrogens with one attached hydrogen (secondary N) is 2. The van der Waals surface area contributed by atoms with Crippen LogP contribution in [0, 0.1) is 6.92 Å². The Morgan fingerprint density at radius 1 is 1.17 bits per heavy atom. The highest BCUT2D eigenvalue weighted by Crippen LogP contribution is 2.22. The van der Waals surface area contributed by atoms with Crippen LogP contribution in [0.2, 0.25) is 0 Å². The fourth-order valence-electron chi connectivity index (χ4n) is 1.83. The Kier molecular flexibility index (Phi) is 5.26. The lowest BCUT2D eigenvalue weighted by Gasteiger charge is -2.19. The van der Waals surface area contributed by atoms with E-state index in [2.05, 4.69) is 31.5 Å². The Bertz CT molecular complexity index is 694. The fraction of sp³-hybridized carbons (Fsp3) is 0.294. The number of amides is 1. The van der Waals surface area contributed by atoms with Gasteiger partial charge in [0.05, 0.1) is 11.9 Å². The largest absolute Gasteiger partial charge is 0.444 e. The average molecular weight is 378 g/mol. The van der Waals surface area contributed by atoms with Gasteiger partial charge in [0.15, 0.2) is 0 Å². The van der Waals surface area contributed by atoms with Gasteiger partial charge in [0, 0.05) is 10.2 Å². The van der Waals surface area contributed by atoms with Crippen LogP contribution >= 0.6 is 15.9 Å². The summed E-state index contributed by atoms with van der Waals surface area (Å²) in [6, 6.07) is 9.54. The molecule has 0 radical (unpaired) electrons. The second kappa shape index (κ2) is 7.00. The van der Waals surface area contributed by atoms with Crippen molar-refractivity contribution in [3.8, 4) is 0 Å². The smallest absolute Gasteiger partial charge is 0.412 e. The molecule has 23 heavy (non-hydrogen) atoms. The van der Waals surface area contributed by atoms with Gasteiger partial charge in [-0.25, -0.2) is 9.78 Å². The molecule has 0 bridgehead atoms. The molecule has 2 rings (SSSR count). The van der Waals surface area contributed by atoms with Crippen molar-refractivity contribution in [3.05, 3.63) is 46.6 Å². The lowest BCUT2D eigenvalue weighted by Crippen LogP contribution is -2.27. The summed E-state index contributed by atoms with van der Waals surface area (Å²) >= 11 is 3.47. The number of carbonyl (C=O) groups is 1. The van der Waals surface area contributed by atoms with Crippen molar-refractivity contribution >= 4 is 39.2 Å². The molecular formula is C17H20BrN3O2. The van der Waals surface area contributed by atoms with Crippen LogP contribution in [0.15, 0.2) is 41.0 Å². The molecule has 0 saturated carbocycles. The third kappa shape index (κ3) is 5.56. The number of benzene rings is 1. The molecule has 0 saturated heterocycles. The maximum Gasteiger partial charge on any atom is 0.412 e. The van der Waals surface area contributed by atoms with Crippen molar-refractivity contribution in [1.82, 2.24) is 4.98 Å². The first-order valence-electron chi connectivity index (χ1n) is 7.22. The van der Waals surface area contributed by atoms with E-state index >= 15 is 0 Å². The lowest BCUT2D eigenvalue weighted by molar-refractivity contribution is 0.0636. The van der Waals surface area contributed by atoms with E-state index in [1.165, 1.54) is 0 Å². The Hall–Kier alpha value is -2.08. The number of halogens is 1. The van der Waals surface area contributed by atoms with Gasteiger partial charge in [-0.2, -0.15) is 0 Å². The van der Waals surface area contributed by atoms with Crippen molar-refractivity contribution in [1.29, 1.82) is 0 Å². The quantitative estimate of drug-likeness (QED) is 0.767. The molecular weight excluding hydrogens is 358 g/mol. The van der Waals surface area contributed by atoms with Gasteiger partial charge in [0.2, 0.25) is 0 Å². The molecule has 0 fully saturated rings. The number of hydrogen-bond donors (Lipinski definition) is 2. The first-order valence-corrected chi connectivity index (χ1v) is 8.01. The maximum absolute atomic E-state index is 11.7. The van der Waals surface area contributed by atoms with Crippen LogP contribution in [0.25, 0.3) is 0 Å². The normalized spacial score (nSPS) is 11.0. The molecule has 0 aliphatic heterocycles. The molecule has 5 nitrogen and oxygen atoms in total. The van der Waals surface area contributed by atoms with Gasteiger partial charge in [-0.15, -0.1) is 0 Å². The minimum Gasteiger partial charge on any atom is -0.444 e. The van der Waals surface area contributed by atoms with E-state index < -0.39 is 11.7 Å². The molecule has 6 heteroatoms. The number of aromatic nitrogens is 1. The van der Waals surface area contributed by atoms with Crippen LogP contribution in [0.3, 0.4) is 0 Å². The second-order valence-electron chi connectivity index (χ2n) is 6.15. The van der Waals surface area contributed by atoms with Crippen LogP contribution < -0.4 is 10.6 Å². The van der Waals surface area contributed by atoms with Gasteiger partial charge in [-0.1, -0.05) is 15.9 Å². The molecule has 2 aromatic rings. The molecule has 1 amide bonds. The summed E-state index contributed by atoms with van der Waals surface area (Å²) in [5, 5.41) is 5.86. The maximum atomic E-state index is 11.7. The number of anilines is 3. The van der Waals surface area contributed by atoms with Gasteiger partial charge >= 0.3 is 6.09 Å². The second-order valence-corrected chi connectivity index (χ2v) is 7.00. The zero-order chi connectivity index (χ0) is 17.0. The molecule has 0 atom stereocenters. The Morgan fingerprint density at radius 2 is 1.87 bits per heavy atom. The molecule has 122 valence electrons. The highest BCUT2D eigenvalue weighted by molar-refractivity contribution is 9.10. The number of hydrogen-bond acceptors (Lipinski definition) is 4. The summed E-state index contributed by atoms with van der Waals surface area (Å²) in [4.78, 5) is 16.0. The summed E-state index contributed by atoms with van der Waals surface area (Å²) in [6.07, 6.45) is 1.08. The summed E-state index contributed by atoms with van der Waals surface area (Å²) < 4.78 is 6.26. The van der Waals surface area contributed by atoms with Gasteiger partial charge in [0.1, 0.15) is 11.4 Å². The Balaban J connectivity index is 1.99. The average Bonchev–Trinajstić information content (AvgIpc) is 2.43. The first kappa shape index (κ1) is 17.3. The van der Waals surface area contributed by atoms with Crippen molar-refractivity contribution in [2.45, 2.75) is 33.3 Å². The highest BCUT2D eigenvalue weighted by atomic mass is 79.9. The topological polar surface area (TPSA) is 63.2 Å². The third-order valence-corrected chi connectivity index (χ3v) is 3.73. The lowest BCUT2D eigenvalue weighted by atomic mass is 10.2. The minimum atomic E-state index is -0.529. The number of nitrogens with zero attached hydrogens (tertiary/aromatic N) is 1. The Morgan fingerprint density at radius 3 is 2.43 bits per heavy atom.